The second-order valence-electron chi connectivity index (χ2n) is 5.98. The van der Waals surface area contributed by atoms with E-state index >= 15 is 0 Å². The van der Waals surface area contributed by atoms with E-state index in [-0.39, 0.29) is 10.7 Å². The van der Waals surface area contributed by atoms with Crippen LogP contribution in [0.2, 0.25) is 10.2 Å². The summed E-state index contributed by atoms with van der Waals surface area (Å²) in [5, 5.41) is 4.75. The van der Waals surface area contributed by atoms with Crippen LogP contribution in [0, 0.1) is 0 Å². The van der Waals surface area contributed by atoms with Gasteiger partial charge in [-0.3, -0.25) is 4.79 Å². The van der Waals surface area contributed by atoms with Crippen molar-refractivity contribution in [2.45, 2.75) is 6.61 Å². The molecule has 1 aromatic heterocycles. The van der Waals surface area contributed by atoms with E-state index in [0.717, 1.165) is 5.56 Å². The number of carbonyl (C=O) groups excluding carboxylic acids is 1. The molecular weight excluding hydrogens is 493 g/mol. The molecule has 0 atom stereocenters. The Kier molecular flexibility index (Phi) is 7.68. The van der Waals surface area contributed by atoms with Crippen LogP contribution in [0.25, 0.3) is 0 Å². The summed E-state index contributed by atoms with van der Waals surface area (Å²) in [4.78, 5) is 16.0. The van der Waals surface area contributed by atoms with E-state index < -0.39 is 5.91 Å². The van der Waals surface area contributed by atoms with E-state index in [0.29, 0.717) is 33.2 Å². The third-order valence-electron chi connectivity index (χ3n) is 3.96. The van der Waals surface area contributed by atoms with Crippen LogP contribution in [-0.2, 0) is 6.61 Å². The van der Waals surface area contributed by atoms with E-state index in [2.05, 4.69) is 31.4 Å². The minimum absolute atomic E-state index is 0.107. The van der Waals surface area contributed by atoms with Crippen molar-refractivity contribution in [3.05, 3.63) is 86.1 Å². The lowest BCUT2D eigenvalue weighted by molar-refractivity contribution is 0.0955. The Bertz CT molecular complexity index is 1080. The molecule has 0 aliphatic rings. The molecule has 0 radical (unpaired) electrons. The van der Waals surface area contributed by atoms with Gasteiger partial charge in [-0.1, -0.05) is 35.3 Å². The molecule has 0 saturated carbocycles. The number of ether oxygens (including phenoxy) is 2. The van der Waals surface area contributed by atoms with Crippen molar-refractivity contribution in [1.29, 1.82) is 0 Å². The van der Waals surface area contributed by atoms with Crippen LogP contribution in [0.4, 0.5) is 0 Å². The Balaban J connectivity index is 1.70. The Morgan fingerprint density at radius 2 is 1.97 bits per heavy atom. The number of nitrogens with zero attached hydrogens (tertiary/aromatic N) is 2. The number of amides is 1. The van der Waals surface area contributed by atoms with Crippen molar-refractivity contribution in [3.63, 3.8) is 0 Å². The number of hydrazone groups is 1. The Morgan fingerprint density at radius 1 is 1.20 bits per heavy atom. The summed E-state index contributed by atoms with van der Waals surface area (Å²) < 4.78 is 12.0. The molecule has 0 bridgehead atoms. The lowest BCUT2D eigenvalue weighted by atomic mass is 10.2. The summed E-state index contributed by atoms with van der Waals surface area (Å²) in [6.45, 7) is 0.356. The maximum absolute atomic E-state index is 12.1. The molecule has 30 heavy (non-hydrogen) atoms. The van der Waals surface area contributed by atoms with E-state index in [9.17, 15) is 4.79 Å². The highest BCUT2D eigenvalue weighted by Gasteiger charge is 2.11. The molecule has 0 unspecified atom stereocenters. The van der Waals surface area contributed by atoms with Crippen molar-refractivity contribution in [2.75, 3.05) is 7.11 Å². The molecule has 2 aromatic carbocycles. The first-order valence-electron chi connectivity index (χ1n) is 8.66. The number of carbonyl (C=O) groups is 1. The molecule has 3 aromatic rings. The predicted molar refractivity (Wildman–Crippen MR) is 121 cm³/mol. The first-order valence-corrected chi connectivity index (χ1v) is 10.2. The summed E-state index contributed by atoms with van der Waals surface area (Å²) in [5.41, 5.74) is 4.31. The lowest BCUT2D eigenvalue weighted by Crippen LogP contribution is -2.18. The molecular formula is C21H16BrCl2N3O3. The first kappa shape index (κ1) is 22.1. The second-order valence-corrected chi connectivity index (χ2v) is 7.63. The normalized spacial score (nSPS) is 10.8. The Labute approximate surface area is 192 Å². The Hall–Kier alpha value is -2.61. The fourth-order valence-electron chi connectivity index (χ4n) is 2.44. The maximum Gasteiger partial charge on any atom is 0.274 e. The van der Waals surface area contributed by atoms with Crippen LogP contribution in [0.3, 0.4) is 0 Å². The zero-order valence-corrected chi connectivity index (χ0v) is 18.8. The van der Waals surface area contributed by atoms with Gasteiger partial charge in [0.2, 0.25) is 0 Å². The molecule has 0 saturated heterocycles. The summed E-state index contributed by atoms with van der Waals surface area (Å²) in [6.07, 6.45) is 2.99. The average Bonchev–Trinajstić information content (AvgIpc) is 2.74. The van der Waals surface area contributed by atoms with E-state index in [4.69, 9.17) is 32.7 Å². The third kappa shape index (κ3) is 5.72. The molecule has 6 nitrogen and oxygen atoms in total. The number of hydrogen-bond acceptors (Lipinski definition) is 5. The van der Waals surface area contributed by atoms with Crippen LogP contribution in [0.5, 0.6) is 11.5 Å². The minimum atomic E-state index is -0.463. The number of aromatic nitrogens is 1. The monoisotopic (exact) mass is 507 g/mol. The standard InChI is InChI=1S/C21H16BrCl2N3O3/c1-29-18-9-14(11-26-27-21(28)16-3-2-8-25-20(16)24)17(22)10-19(18)30-12-13-4-6-15(23)7-5-13/h2-11H,12H2,1H3,(H,27,28). The van der Waals surface area contributed by atoms with Crippen LogP contribution in [0.15, 0.2) is 64.3 Å². The molecule has 0 aliphatic carbocycles. The highest BCUT2D eigenvalue weighted by molar-refractivity contribution is 9.10. The molecule has 1 heterocycles. The highest BCUT2D eigenvalue weighted by atomic mass is 79.9. The van der Waals surface area contributed by atoms with Crippen molar-refractivity contribution < 1.29 is 14.3 Å². The molecule has 1 amide bonds. The van der Waals surface area contributed by atoms with Gasteiger partial charge in [0, 0.05) is 21.3 Å². The van der Waals surface area contributed by atoms with Gasteiger partial charge in [0.25, 0.3) is 5.91 Å². The van der Waals surface area contributed by atoms with Crippen molar-refractivity contribution in [1.82, 2.24) is 10.4 Å². The van der Waals surface area contributed by atoms with Gasteiger partial charge in [-0.05, 0) is 57.9 Å². The third-order valence-corrected chi connectivity index (χ3v) is 5.20. The van der Waals surface area contributed by atoms with Gasteiger partial charge in [-0.15, -0.1) is 0 Å². The first-order chi connectivity index (χ1) is 14.5. The summed E-state index contributed by atoms with van der Waals surface area (Å²) in [6, 6.07) is 14.1. The SMILES string of the molecule is COc1cc(C=NNC(=O)c2cccnc2Cl)c(Br)cc1OCc1ccc(Cl)cc1. The van der Waals surface area contributed by atoms with Gasteiger partial charge in [0.1, 0.15) is 11.8 Å². The lowest BCUT2D eigenvalue weighted by Gasteiger charge is -2.13. The molecule has 9 heteroatoms. The number of benzene rings is 2. The van der Waals surface area contributed by atoms with Gasteiger partial charge >= 0.3 is 0 Å². The number of nitrogens with one attached hydrogen (secondary N) is 1. The predicted octanol–water partition coefficient (Wildman–Crippen LogP) is 5.50. The fourth-order valence-corrected chi connectivity index (χ4v) is 3.20. The largest absolute Gasteiger partial charge is 0.493 e. The number of halogens is 3. The molecule has 154 valence electrons. The van der Waals surface area contributed by atoms with Crippen LogP contribution in [0.1, 0.15) is 21.5 Å². The van der Waals surface area contributed by atoms with Crippen LogP contribution >= 0.6 is 39.1 Å². The maximum atomic E-state index is 12.1. The average molecular weight is 509 g/mol. The van der Waals surface area contributed by atoms with Gasteiger partial charge < -0.3 is 9.47 Å². The van der Waals surface area contributed by atoms with Crippen LogP contribution in [-0.4, -0.2) is 24.2 Å². The van der Waals surface area contributed by atoms with Gasteiger partial charge in [-0.25, -0.2) is 10.4 Å². The summed E-state index contributed by atoms with van der Waals surface area (Å²) >= 11 is 15.3. The van der Waals surface area contributed by atoms with Gasteiger partial charge in [0.15, 0.2) is 11.5 Å². The van der Waals surface area contributed by atoms with Crippen LogP contribution < -0.4 is 14.9 Å². The number of hydrogen-bond donors (Lipinski definition) is 1. The molecule has 0 spiro atoms. The van der Waals surface area contributed by atoms with Crippen molar-refractivity contribution >= 4 is 51.3 Å². The number of pyridine rings is 1. The molecule has 0 aliphatic heterocycles. The quantitative estimate of drug-likeness (QED) is 0.260. The molecule has 3 rings (SSSR count). The molecule has 1 N–H and O–H groups in total. The summed E-state index contributed by atoms with van der Waals surface area (Å²) in [7, 11) is 1.55. The molecule has 0 fully saturated rings. The zero-order chi connectivity index (χ0) is 21.5. The van der Waals surface area contributed by atoms with Gasteiger partial charge in [0.05, 0.1) is 18.9 Å². The van der Waals surface area contributed by atoms with E-state index in [1.54, 1.807) is 43.5 Å². The topological polar surface area (TPSA) is 72.8 Å². The second kappa shape index (κ2) is 10.4. The van der Waals surface area contributed by atoms with E-state index in [1.807, 2.05) is 12.1 Å². The Morgan fingerprint density at radius 3 is 2.67 bits per heavy atom. The zero-order valence-electron chi connectivity index (χ0n) is 15.7. The number of methoxy groups -OCH3 is 1. The smallest absolute Gasteiger partial charge is 0.274 e. The van der Waals surface area contributed by atoms with Crippen molar-refractivity contribution in [2.24, 2.45) is 5.10 Å². The fraction of sp³-hybridized carbons (Fsp3) is 0.0952. The highest BCUT2D eigenvalue weighted by Crippen LogP contribution is 2.33. The minimum Gasteiger partial charge on any atom is -0.493 e. The van der Waals surface area contributed by atoms with Gasteiger partial charge in [-0.2, -0.15) is 5.10 Å². The van der Waals surface area contributed by atoms with Crippen molar-refractivity contribution in [3.8, 4) is 11.5 Å². The summed E-state index contributed by atoms with van der Waals surface area (Å²) in [5.74, 6) is 0.619. The number of rotatable bonds is 7. The van der Waals surface area contributed by atoms with E-state index in [1.165, 1.54) is 12.4 Å².